The molecule has 2 aromatic heterocycles. The molecule has 0 radical (unpaired) electrons. The maximum Gasteiger partial charge on any atom is 0.251 e. The maximum atomic E-state index is 14.1. The van der Waals surface area contributed by atoms with Crippen LogP contribution in [0.1, 0.15) is 17.2 Å². The third kappa shape index (κ3) is 5.72. The smallest absolute Gasteiger partial charge is 0.251 e. The maximum absolute atomic E-state index is 14.1. The van der Waals surface area contributed by atoms with Gasteiger partial charge in [-0.2, -0.15) is 4.80 Å². The highest BCUT2D eigenvalue weighted by Crippen LogP contribution is 2.38. The lowest BCUT2D eigenvalue weighted by molar-refractivity contribution is -0.127. The van der Waals surface area contributed by atoms with Gasteiger partial charge in [0.15, 0.2) is 11.5 Å². The van der Waals surface area contributed by atoms with Crippen molar-refractivity contribution in [3.63, 3.8) is 0 Å². The Labute approximate surface area is 238 Å². The molecule has 0 unspecified atom stereocenters. The average molecular weight is 569 g/mol. The van der Waals surface area contributed by atoms with Crippen LogP contribution < -0.4 is 19.7 Å². The first kappa shape index (κ1) is 26.0. The number of nitrogens with zero attached hydrogens (tertiary/aromatic N) is 5. The van der Waals surface area contributed by atoms with Crippen LogP contribution in [0.25, 0.3) is 10.7 Å². The summed E-state index contributed by atoms with van der Waals surface area (Å²) >= 11 is 1.46. The number of thiophene rings is 1. The second-order valence-electron chi connectivity index (χ2n) is 9.12. The van der Waals surface area contributed by atoms with E-state index in [1.54, 1.807) is 30.3 Å². The summed E-state index contributed by atoms with van der Waals surface area (Å²) in [5.74, 6) is 0.537. The van der Waals surface area contributed by atoms with Crippen molar-refractivity contribution in [3.05, 3.63) is 101 Å². The number of tetrazole rings is 1. The number of hydrogen-bond acceptors (Lipinski definition) is 9. The molecule has 1 aliphatic heterocycles. The predicted octanol–water partition coefficient (Wildman–Crippen LogP) is 3.93. The number of phenols is 1. The molecule has 206 valence electrons. The number of hydrogen-bond donors (Lipinski definition) is 2. The largest absolute Gasteiger partial charge is 0.508 e. The summed E-state index contributed by atoms with van der Waals surface area (Å²) in [6.45, 7) is 0.0274. The molecule has 11 nitrogen and oxygen atoms in total. The minimum Gasteiger partial charge on any atom is -0.508 e. The number of aromatic nitrogens is 4. The zero-order valence-electron chi connectivity index (χ0n) is 21.6. The van der Waals surface area contributed by atoms with Gasteiger partial charge in [-0.05, 0) is 52.1 Å². The van der Waals surface area contributed by atoms with Gasteiger partial charge in [0.2, 0.25) is 18.5 Å². The number of phenolic OH excluding ortho intramolecular Hbond substituents is 1. The van der Waals surface area contributed by atoms with Gasteiger partial charge in [0.05, 0.1) is 4.88 Å². The number of ether oxygens (including phenoxy) is 2. The van der Waals surface area contributed by atoms with E-state index >= 15 is 0 Å². The standard InChI is InChI=1S/C29H24N6O5S/c36-22-11-8-20(9-12-22)27(29(38)30-16-19-5-2-1-3-6-19)35(21-10-13-23-24(15-21)40-18-39-23)26(37)17-34-32-28(31-33-34)25-7-4-14-41-25/h1-15,27,36H,16-18H2,(H,30,38)/t27-/m1/s1. The van der Waals surface area contributed by atoms with Gasteiger partial charge in [-0.1, -0.05) is 48.5 Å². The third-order valence-electron chi connectivity index (χ3n) is 6.40. The Morgan fingerprint density at radius 2 is 1.80 bits per heavy atom. The van der Waals surface area contributed by atoms with Crippen molar-refractivity contribution in [1.29, 1.82) is 0 Å². The summed E-state index contributed by atoms with van der Waals surface area (Å²) in [4.78, 5) is 31.4. The van der Waals surface area contributed by atoms with Gasteiger partial charge in [-0.25, -0.2) is 0 Å². The molecule has 1 aliphatic rings. The van der Waals surface area contributed by atoms with Crippen molar-refractivity contribution in [3.8, 4) is 28.0 Å². The quantitative estimate of drug-likeness (QED) is 0.274. The Bertz CT molecular complexity index is 1660. The molecule has 0 spiro atoms. The van der Waals surface area contributed by atoms with Crippen LogP contribution in [0.3, 0.4) is 0 Å². The first-order chi connectivity index (χ1) is 20.0. The molecule has 5 aromatic rings. The lowest BCUT2D eigenvalue weighted by Crippen LogP contribution is -2.45. The number of carbonyl (C=O) groups excluding carboxylic acids is 2. The fourth-order valence-electron chi connectivity index (χ4n) is 4.44. The number of fused-ring (bicyclic) bond motifs is 1. The van der Waals surface area contributed by atoms with Gasteiger partial charge in [0.1, 0.15) is 18.3 Å². The van der Waals surface area contributed by atoms with Crippen LogP contribution in [0.4, 0.5) is 5.69 Å². The van der Waals surface area contributed by atoms with Gasteiger partial charge in [-0.15, -0.1) is 21.5 Å². The summed E-state index contributed by atoms with van der Waals surface area (Å²) in [5, 5.41) is 27.3. The van der Waals surface area contributed by atoms with Crippen molar-refractivity contribution in [2.45, 2.75) is 19.1 Å². The Balaban J connectivity index is 1.37. The first-order valence-electron chi connectivity index (χ1n) is 12.7. The lowest BCUT2D eigenvalue weighted by atomic mass is 10.0. The van der Waals surface area contributed by atoms with Crippen LogP contribution in [-0.2, 0) is 22.7 Å². The van der Waals surface area contributed by atoms with E-state index in [0.29, 0.717) is 28.6 Å². The molecule has 0 saturated heterocycles. The highest BCUT2D eigenvalue weighted by molar-refractivity contribution is 7.13. The van der Waals surface area contributed by atoms with E-state index in [4.69, 9.17) is 9.47 Å². The normalized spacial score (nSPS) is 12.6. The minimum atomic E-state index is -1.10. The molecular weight excluding hydrogens is 544 g/mol. The number of rotatable bonds is 9. The number of aromatic hydroxyl groups is 1. The Hall–Kier alpha value is -5.23. The van der Waals surface area contributed by atoms with Crippen LogP contribution in [-0.4, -0.2) is 43.9 Å². The molecular formula is C29H24N6O5S. The van der Waals surface area contributed by atoms with Crippen molar-refractivity contribution < 1.29 is 24.2 Å². The average Bonchev–Trinajstić information content (AvgIpc) is 3.78. The second-order valence-corrected chi connectivity index (χ2v) is 10.1. The van der Waals surface area contributed by atoms with E-state index < -0.39 is 17.9 Å². The zero-order chi connectivity index (χ0) is 28.2. The van der Waals surface area contributed by atoms with Crippen LogP contribution in [0.2, 0.25) is 0 Å². The summed E-state index contributed by atoms with van der Waals surface area (Å²) < 4.78 is 11.0. The predicted molar refractivity (Wildman–Crippen MR) is 150 cm³/mol. The SMILES string of the molecule is O=C(NCc1ccccc1)[C@@H](c1ccc(O)cc1)N(C(=O)Cn1nnc(-c2cccs2)n1)c1ccc2c(c1)OCO2. The highest BCUT2D eigenvalue weighted by atomic mass is 32.1. The van der Waals surface area contributed by atoms with Crippen molar-refractivity contribution in [2.75, 3.05) is 11.7 Å². The minimum absolute atomic E-state index is 0.0334. The number of benzene rings is 3. The van der Waals surface area contributed by atoms with Gasteiger partial charge in [0.25, 0.3) is 5.91 Å². The van der Waals surface area contributed by atoms with Crippen molar-refractivity contribution in [2.24, 2.45) is 0 Å². The molecule has 0 aliphatic carbocycles. The summed E-state index contributed by atoms with van der Waals surface area (Å²) in [5.41, 5.74) is 1.80. The number of carbonyl (C=O) groups is 2. The van der Waals surface area contributed by atoms with E-state index in [2.05, 4.69) is 20.7 Å². The molecule has 6 rings (SSSR count). The third-order valence-corrected chi connectivity index (χ3v) is 7.26. The van der Waals surface area contributed by atoms with Crippen LogP contribution >= 0.6 is 11.3 Å². The number of amides is 2. The molecule has 2 N–H and O–H groups in total. The highest BCUT2D eigenvalue weighted by Gasteiger charge is 2.34. The van der Waals surface area contributed by atoms with E-state index in [-0.39, 0.29) is 25.6 Å². The molecule has 0 fully saturated rings. The Kier molecular flexibility index (Phi) is 7.28. The monoisotopic (exact) mass is 568 g/mol. The molecule has 3 aromatic carbocycles. The first-order valence-corrected chi connectivity index (χ1v) is 13.6. The van der Waals surface area contributed by atoms with E-state index in [1.165, 1.54) is 33.2 Å². The van der Waals surface area contributed by atoms with Crippen molar-refractivity contribution >= 4 is 28.8 Å². The van der Waals surface area contributed by atoms with Crippen LogP contribution in [0.15, 0.2) is 90.3 Å². The fraction of sp³-hybridized carbons (Fsp3) is 0.138. The Morgan fingerprint density at radius 1 is 1.00 bits per heavy atom. The number of nitrogens with one attached hydrogen (secondary N) is 1. The lowest BCUT2D eigenvalue weighted by Gasteiger charge is -2.31. The molecule has 1 atom stereocenters. The molecule has 0 bridgehead atoms. The summed E-state index contributed by atoms with van der Waals surface area (Å²) in [7, 11) is 0. The molecule has 0 saturated carbocycles. The Morgan fingerprint density at radius 3 is 2.59 bits per heavy atom. The van der Waals surface area contributed by atoms with Crippen LogP contribution in [0.5, 0.6) is 17.2 Å². The van der Waals surface area contributed by atoms with Gasteiger partial charge >= 0.3 is 0 Å². The van der Waals surface area contributed by atoms with Crippen molar-refractivity contribution in [1.82, 2.24) is 25.5 Å². The fourth-order valence-corrected chi connectivity index (χ4v) is 5.09. The van der Waals surface area contributed by atoms with E-state index in [0.717, 1.165) is 10.4 Å². The zero-order valence-corrected chi connectivity index (χ0v) is 22.4. The van der Waals surface area contributed by atoms with Crippen LogP contribution in [0, 0.1) is 0 Å². The molecule has 41 heavy (non-hydrogen) atoms. The van der Waals surface area contributed by atoms with E-state index in [1.807, 2.05) is 47.8 Å². The van der Waals surface area contributed by atoms with Gasteiger partial charge < -0.3 is 19.9 Å². The van der Waals surface area contributed by atoms with Gasteiger partial charge in [-0.3, -0.25) is 14.5 Å². The second kappa shape index (κ2) is 11.5. The summed E-state index contributed by atoms with van der Waals surface area (Å²) in [6, 6.07) is 23.3. The molecule has 3 heterocycles. The van der Waals surface area contributed by atoms with Gasteiger partial charge in [0, 0.05) is 18.3 Å². The topological polar surface area (TPSA) is 132 Å². The molecule has 12 heteroatoms. The molecule has 2 amide bonds. The van der Waals surface area contributed by atoms with E-state index in [9.17, 15) is 14.7 Å². The summed E-state index contributed by atoms with van der Waals surface area (Å²) in [6.07, 6.45) is 0. The number of anilines is 1.